The number of rotatable bonds is 4. The molecule has 6 rings (SSSR count). The molecule has 6 nitrogen and oxygen atoms in total. The molecule has 3 aliphatic heterocycles. The van der Waals surface area contributed by atoms with Crippen molar-refractivity contribution < 1.29 is 28.4 Å². The summed E-state index contributed by atoms with van der Waals surface area (Å²) in [5.41, 5.74) is 2.45. The van der Waals surface area contributed by atoms with Gasteiger partial charge in [0, 0.05) is 31.8 Å². The first-order valence-electron chi connectivity index (χ1n) is 11.6. The van der Waals surface area contributed by atoms with E-state index in [1.165, 1.54) is 0 Å². The van der Waals surface area contributed by atoms with Gasteiger partial charge in [-0.05, 0) is 36.4 Å². The van der Waals surface area contributed by atoms with Crippen LogP contribution in [0.3, 0.4) is 0 Å². The highest BCUT2D eigenvalue weighted by Gasteiger charge is 2.50. The Bertz CT molecular complexity index is 1230. The fraction of sp³-hybridized carbons (Fsp3) is 0.333. The van der Waals surface area contributed by atoms with Gasteiger partial charge >= 0.3 is 0 Å². The molecule has 7 atom stereocenters. The van der Waals surface area contributed by atoms with Crippen LogP contribution in [0.2, 0.25) is 15.1 Å². The standard InChI is InChI=1S/C27H23Cl3O6/c28-18-7-1-4-15(10-18)25-31-13-21(33-25)24-23-22(34-27(36-24)17-6-3-9-20(30)12-17)14-32-26(35-23)16-5-2-8-19(29)11-16/h1-12,21-27H,13-14H2/t21-,22+,23-,24-,25?,26?,27?/m0/s1. The van der Waals surface area contributed by atoms with Crippen LogP contribution < -0.4 is 0 Å². The molecule has 36 heavy (non-hydrogen) atoms. The van der Waals surface area contributed by atoms with E-state index in [0.29, 0.717) is 28.3 Å². The zero-order valence-electron chi connectivity index (χ0n) is 19.0. The van der Waals surface area contributed by atoms with Crippen molar-refractivity contribution in [3.05, 3.63) is 105 Å². The van der Waals surface area contributed by atoms with E-state index < -0.39 is 43.3 Å². The second kappa shape index (κ2) is 10.6. The second-order valence-corrected chi connectivity index (χ2v) is 10.2. The maximum absolute atomic E-state index is 6.48. The van der Waals surface area contributed by atoms with Gasteiger partial charge in [-0.25, -0.2) is 0 Å². The summed E-state index contributed by atoms with van der Waals surface area (Å²) < 4.78 is 37.5. The number of hydrogen-bond acceptors (Lipinski definition) is 6. The van der Waals surface area contributed by atoms with Crippen LogP contribution in [-0.4, -0.2) is 37.6 Å². The van der Waals surface area contributed by atoms with Crippen LogP contribution in [-0.2, 0) is 28.4 Å². The Morgan fingerprint density at radius 1 is 0.500 bits per heavy atom. The predicted molar refractivity (Wildman–Crippen MR) is 134 cm³/mol. The van der Waals surface area contributed by atoms with Crippen molar-refractivity contribution in [2.45, 2.75) is 43.3 Å². The van der Waals surface area contributed by atoms with Gasteiger partial charge in [-0.3, -0.25) is 0 Å². The van der Waals surface area contributed by atoms with Crippen molar-refractivity contribution in [3.8, 4) is 0 Å². The van der Waals surface area contributed by atoms with Crippen LogP contribution in [0.15, 0.2) is 72.8 Å². The smallest absolute Gasteiger partial charge is 0.185 e. The molecule has 3 aliphatic rings. The van der Waals surface area contributed by atoms with E-state index in [2.05, 4.69) is 0 Å². The lowest BCUT2D eigenvalue weighted by Gasteiger charge is -2.47. The summed E-state index contributed by atoms with van der Waals surface area (Å²) >= 11 is 18.6. The normalized spacial score (nSPS) is 32.2. The van der Waals surface area contributed by atoms with Gasteiger partial charge in [0.25, 0.3) is 0 Å². The highest BCUT2D eigenvalue weighted by Crippen LogP contribution is 2.42. The number of hydrogen-bond donors (Lipinski definition) is 0. The zero-order valence-corrected chi connectivity index (χ0v) is 21.2. The van der Waals surface area contributed by atoms with Gasteiger partial charge in [0.2, 0.25) is 0 Å². The molecule has 0 N–H and O–H groups in total. The van der Waals surface area contributed by atoms with E-state index in [-0.39, 0.29) is 0 Å². The van der Waals surface area contributed by atoms with E-state index in [1.807, 2.05) is 66.7 Å². The molecule has 188 valence electrons. The van der Waals surface area contributed by atoms with E-state index >= 15 is 0 Å². The highest BCUT2D eigenvalue weighted by atomic mass is 35.5. The van der Waals surface area contributed by atoms with Crippen LogP contribution in [0.1, 0.15) is 35.6 Å². The van der Waals surface area contributed by atoms with Crippen molar-refractivity contribution in [1.82, 2.24) is 0 Å². The Balaban J connectivity index is 1.27. The van der Waals surface area contributed by atoms with Crippen LogP contribution in [0.25, 0.3) is 0 Å². The Kier molecular flexibility index (Phi) is 7.23. The number of ether oxygens (including phenoxy) is 6. The lowest BCUT2D eigenvalue weighted by Crippen LogP contribution is -2.58. The van der Waals surface area contributed by atoms with Crippen molar-refractivity contribution in [2.24, 2.45) is 0 Å². The molecule has 0 radical (unpaired) electrons. The van der Waals surface area contributed by atoms with Gasteiger partial charge in [-0.15, -0.1) is 0 Å². The molecule has 0 amide bonds. The second-order valence-electron chi connectivity index (χ2n) is 8.88. The van der Waals surface area contributed by atoms with E-state index in [0.717, 1.165) is 16.7 Å². The summed E-state index contributed by atoms with van der Waals surface area (Å²) in [5, 5.41) is 1.81. The molecule has 3 heterocycles. The molecule has 0 saturated carbocycles. The monoisotopic (exact) mass is 548 g/mol. The maximum Gasteiger partial charge on any atom is 0.185 e. The number of benzene rings is 3. The molecule has 0 aliphatic carbocycles. The predicted octanol–water partition coefficient (Wildman–Crippen LogP) is 6.66. The Labute approximate surface area is 223 Å². The molecule has 3 aromatic rings. The van der Waals surface area contributed by atoms with Gasteiger partial charge < -0.3 is 28.4 Å². The average molecular weight is 550 g/mol. The largest absolute Gasteiger partial charge is 0.346 e. The molecule has 3 saturated heterocycles. The Morgan fingerprint density at radius 3 is 1.36 bits per heavy atom. The van der Waals surface area contributed by atoms with E-state index in [9.17, 15) is 0 Å². The number of halogens is 3. The summed E-state index contributed by atoms with van der Waals surface area (Å²) in [6, 6.07) is 22.2. The summed E-state index contributed by atoms with van der Waals surface area (Å²) in [5.74, 6) is 0. The zero-order chi connectivity index (χ0) is 24.6. The van der Waals surface area contributed by atoms with Crippen molar-refractivity contribution in [2.75, 3.05) is 13.2 Å². The first-order chi connectivity index (χ1) is 17.5. The SMILES string of the molecule is Clc1cccc(C2OC[C@H]3OC(c4cccc(Cl)c4)O[C@@H]([C@@H]4COC(c5cccc(Cl)c5)O4)[C@H]3O2)c1. The first-order valence-corrected chi connectivity index (χ1v) is 12.8. The Hall–Kier alpha value is -1.71. The average Bonchev–Trinajstić information content (AvgIpc) is 3.38. The summed E-state index contributed by atoms with van der Waals surface area (Å²) in [6.45, 7) is 0.628. The number of fused-ring (bicyclic) bond motifs is 1. The minimum Gasteiger partial charge on any atom is -0.346 e. The minimum absolute atomic E-state index is 0.310. The third-order valence-electron chi connectivity index (χ3n) is 6.40. The maximum atomic E-state index is 6.48. The molecule has 0 spiro atoms. The van der Waals surface area contributed by atoms with Crippen molar-refractivity contribution >= 4 is 34.8 Å². The topological polar surface area (TPSA) is 55.4 Å². The third-order valence-corrected chi connectivity index (χ3v) is 7.11. The van der Waals surface area contributed by atoms with Crippen LogP contribution in [0.5, 0.6) is 0 Å². The lowest BCUT2D eigenvalue weighted by molar-refractivity contribution is -0.373. The lowest BCUT2D eigenvalue weighted by atomic mass is 9.99. The van der Waals surface area contributed by atoms with Gasteiger partial charge in [0.1, 0.15) is 24.4 Å². The molecule has 3 aromatic carbocycles. The quantitative estimate of drug-likeness (QED) is 0.363. The summed E-state index contributed by atoms with van der Waals surface area (Å²) in [7, 11) is 0. The van der Waals surface area contributed by atoms with Crippen LogP contribution in [0.4, 0.5) is 0 Å². The molecular weight excluding hydrogens is 527 g/mol. The first kappa shape index (κ1) is 24.6. The molecule has 3 unspecified atom stereocenters. The van der Waals surface area contributed by atoms with Gasteiger partial charge in [-0.2, -0.15) is 0 Å². The van der Waals surface area contributed by atoms with Gasteiger partial charge in [0.15, 0.2) is 18.9 Å². The van der Waals surface area contributed by atoms with E-state index in [4.69, 9.17) is 63.2 Å². The molecular formula is C27H23Cl3O6. The Morgan fingerprint density at radius 2 is 0.889 bits per heavy atom. The van der Waals surface area contributed by atoms with E-state index in [1.54, 1.807) is 6.07 Å². The molecule has 9 heteroatoms. The van der Waals surface area contributed by atoms with Gasteiger partial charge in [-0.1, -0.05) is 71.2 Å². The van der Waals surface area contributed by atoms with Crippen molar-refractivity contribution in [1.29, 1.82) is 0 Å². The third kappa shape index (κ3) is 5.16. The molecule has 0 aromatic heterocycles. The molecule has 0 bridgehead atoms. The van der Waals surface area contributed by atoms with Crippen LogP contribution >= 0.6 is 34.8 Å². The van der Waals surface area contributed by atoms with Crippen LogP contribution in [0, 0.1) is 0 Å². The highest BCUT2D eigenvalue weighted by molar-refractivity contribution is 6.31. The fourth-order valence-corrected chi connectivity index (χ4v) is 5.32. The minimum atomic E-state index is -0.668. The van der Waals surface area contributed by atoms with Crippen molar-refractivity contribution in [3.63, 3.8) is 0 Å². The summed E-state index contributed by atoms with van der Waals surface area (Å²) in [4.78, 5) is 0. The van der Waals surface area contributed by atoms with Gasteiger partial charge in [0.05, 0.1) is 13.2 Å². The fourth-order valence-electron chi connectivity index (χ4n) is 4.72. The molecule has 3 fully saturated rings. The summed E-state index contributed by atoms with van der Waals surface area (Å²) in [6.07, 6.45) is -3.62.